The first-order valence-electron chi connectivity index (χ1n) is 5.97. The van der Waals surface area contributed by atoms with E-state index in [1.165, 1.54) is 11.3 Å². The van der Waals surface area contributed by atoms with Crippen molar-refractivity contribution >= 4 is 22.9 Å². The minimum Gasteiger partial charge on any atom is -0.322 e. The smallest absolute Gasteiger partial charge is 0.0931 e. The lowest BCUT2D eigenvalue weighted by molar-refractivity contribution is 0.198. The topological polar surface area (TPSA) is 32.5 Å². The van der Waals surface area contributed by atoms with Crippen LogP contribution in [-0.4, -0.2) is 49.6 Å². The Bertz CT molecular complexity index is 368. The van der Waals surface area contributed by atoms with E-state index < -0.39 is 0 Å². The Kier molecular flexibility index (Phi) is 4.44. The number of nitrogens with zero attached hydrogens (tertiary/aromatic N) is 2. The van der Waals surface area contributed by atoms with Crippen molar-refractivity contribution in [3.8, 4) is 0 Å². The molecule has 1 saturated heterocycles. The molecule has 0 aromatic carbocycles. The molecule has 17 heavy (non-hydrogen) atoms. The van der Waals surface area contributed by atoms with Gasteiger partial charge in [0, 0.05) is 17.5 Å². The van der Waals surface area contributed by atoms with Crippen LogP contribution in [0.25, 0.3) is 0 Å². The Morgan fingerprint density at radius 1 is 1.41 bits per heavy atom. The molecule has 0 bridgehead atoms. The summed E-state index contributed by atoms with van der Waals surface area (Å²) in [5, 5.41) is 0. The van der Waals surface area contributed by atoms with Gasteiger partial charge in [0.15, 0.2) is 0 Å². The van der Waals surface area contributed by atoms with Crippen LogP contribution < -0.4 is 5.73 Å². The third kappa shape index (κ3) is 3.20. The summed E-state index contributed by atoms with van der Waals surface area (Å²) in [6.45, 7) is 3.29. The highest BCUT2D eigenvalue weighted by molar-refractivity contribution is 7.16. The normalized spacial score (nSPS) is 25.8. The van der Waals surface area contributed by atoms with Crippen LogP contribution in [-0.2, 0) is 0 Å². The first-order chi connectivity index (χ1) is 8.08. The van der Waals surface area contributed by atoms with Crippen LogP contribution in [0.15, 0.2) is 12.1 Å². The predicted octanol–water partition coefficient (Wildman–Crippen LogP) is 2.04. The molecule has 1 aromatic rings. The number of likely N-dealkylation sites (N-methyl/N-ethyl adjacent to an activating group) is 2. The Morgan fingerprint density at radius 3 is 2.82 bits per heavy atom. The largest absolute Gasteiger partial charge is 0.322 e. The van der Waals surface area contributed by atoms with Gasteiger partial charge in [-0.3, -0.25) is 0 Å². The molecule has 0 amide bonds. The monoisotopic (exact) mass is 273 g/mol. The minimum atomic E-state index is 0.0537. The number of nitrogens with two attached hydrogens (primary N) is 1. The number of thiophene rings is 1. The van der Waals surface area contributed by atoms with Gasteiger partial charge in [-0.2, -0.15) is 0 Å². The lowest BCUT2D eigenvalue weighted by Crippen LogP contribution is -2.44. The third-order valence-electron chi connectivity index (χ3n) is 3.45. The summed E-state index contributed by atoms with van der Waals surface area (Å²) in [6.07, 6.45) is 1.21. The van der Waals surface area contributed by atoms with Gasteiger partial charge in [0.25, 0.3) is 0 Å². The summed E-state index contributed by atoms with van der Waals surface area (Å²) in [4.78, 5) is 5.92. The SMILES string of the molecule is CN1CCCN(C)C(C(N)c2ccc(Cl)s2)C1. The lowest BCUT2D eigenvalue weighted by Gasteiger charge is -2.31. The van der Waals surface area contributed by atoms with E-state index in [9.17, 15) is 0 Å². The Hall–Kier alpha value is -0.130. The van der Waals surface area contributed by atoms with Crippen molar-refractivity contribution in [2.24, 2.45) is 5.73 Å². The fourth-order valence-electron chi connectivity index (χ4n) is 2.39. The summed E-state index contributed by atoms with van der Waals surface area (Å²) in [6, 6.07) is 4.41. The van der Waals surface area contributed by atoms with Gasteiger partial charge >= 0.3 is 0 Å². The molecule has 0 spiro atoms. The fraction of sp³-hybridized carbons (Fsp3) is 0.667. The molecular formula is C12H20ClN3S. The maximum atomic E-state index is 6.39. The first-order valence-corrected chi connectivity index (χ1v) is 7.17. The average Bonchev–Trinajstić information content (AvgIpc) is 2.64. The zero-order chi connectivity index (χ0) is 12.4. The highest BCUT2D eigenvalue weighted by Gasteiger charge is 2.27. The maximum absolute atomic E-state index is 6.39. The minimum absolute atomic E-state index is 0.0537. The van der Waals surface area contributed by atoms with E-state index >= 15 is 0 Å². The molecule has 1 aliphatic heterocycles. The van der Waals surface area contributed by atoms with E-state index in [1.807, 2.05) is 6.07 Å². The summed E-state index contributed by atoms with van der Waals surface area (Å²) in [5.41, 5.74) is 6.39. The van der Waals surface area contributed by atoms with Crippen LogP contribution in [0.4, 0.5) is 0 Å². The first kappa shape index (κ1) is 13.3. The summed E-state index contributed by atoms with van der Waals surface area (Å²) >= 11 is 7.57. The van der Waals surface area contributed by atoms with E-state index in [1.54, 1.807) is 11.3 Å². The van der Waals surface area contributed by atoms with E-state index in [0.717, 1.165) is 24.0 Å². The lowest BCUT2D eigenvalue weighted by atomic mass is 10.1. The van der Waals surface area contributed by atoms with Crippen molar-refractivity contribution in [2.75, 3.05) is 33.7 Å². The van der Waals surface area contributed by atoms with E-state index in [4.69, 9.17) is 17.3 Å². The third-order valence-corrected chi connectivity index (χ3v) is 4.79. The summed E-state index contributed by atoms with van der Waals surface area (Å²) in [7, 11) is 4.33. The zero-order valence-electron chi connectivity index (χ0n) is 10.4. The Balaban J connectivity index is 2.13. The van der Waals surface area contributed by atoms with Crippen LogP contribution >= 0.6 is 22.9 Å². The highest BCUT2D eigenvalue weighted by Crippen LogP contribution is 2.29. The molecule has 5 heteroatoms. The van der Waals surface area contributed by atoms with Crippen LogP contribution in [0.1, 0.15) is 17.3 Å². The van der Waals surface area contributed by atoms with Crippen molar-refractivity contribution in [1.29, 1.82) is 0 Å². The Morgan fingerprint density at radius 2 is 2.18 bits per heavy atom. The highest BCUT2D eigenvalue weighted by atomic mass is 35.5. The average molecular weight is 274 g/mol. The molecule has 1 aromatic heterocycles. The van der Waals surface area contributed by atoms with Crippen molar-refractivity contribution in [3.63, 3.8) is 0 Å². The summed E-state index contributed by atoms with van der Waals surface area (Å²) in [5.74, 6) is 0. The van der Waals surface area contributed by atoms with Gasteiger partial charge in [0.2, 0.25) is 0 Å². The molecule has 0 radical (unpaired) electrons. The van der Waals surface area contributed by atoms with E-state index in [0.29, 0.717) is 6.04 Å². The molecule has 1 fully saturated rings. The molecule has 3 nitrogen and oxygen atoms in total. The molecule has 2 atom stereocenters. The van der Waals surface area contributed by atoms with Crippen molar-refractivity contribution < 1.29 is 0 Å². The van der Waals surface area contributed by atoms with Crippen molar-refractivity contribution in [2.45, 2.75) is 18.5 Å². The zero-order valence-corrected chi connectivity index (χ0v) is 12.0. The van der Waals surface area contributed by atoms with Gasteiger partial charge < -0.3 is 15.5 Å². The molecule has 2 unspecified atom stereocenters. The molecule has 0 saturated carbocycles. The van der Waals surface area contributed by atoms with Crippen LogP contribution in [0.2, 0.25) is 4.34 Å². The maximum Gasteiger partial charge on any atom is 0.0931 e. The number of hydrogen-bond donors (Lipinski definition) is 1. The second kappa shape index (κ2) is 5.67. The molecule has 2 heterocycles. The van der Waals surface area contributed by atoms with Gasteiger partial charge in [-0.1, -0.05) is 11.6 Å². The molecule has 1 aliphatic rings. The number of hydrogen-bond acceptors (Lipinski definition) is 4. The second-order valence-corrected chi connectivity index (χ2v) is 6.58. The standard InChI is InChI=1S/C12H20ClN3S/c1-15-6-3-7-16(2)9(8-15)12(14)10-4-5-11(13)17-10/h4-5,9,12H,3,6-8,14H2,1-2H3. The van der Waals surface area contributed by atoms with Crippen LogP contribution in [0.3, 0.4) is 0 Å². The van der Waals surface area contributed by atoms with Crippen LogP contribution in [0.5, 0.6) is 0 Å². The van der Waals surface area contributed by atoms with Gasteiger partial charge in [-0.05, 0) is 45.7 Å². The molecule has 0 aliphatic carbocycles. The van der Waals surface area contributed by atoms with Crippen molar-refractivity contribution in [3.05, 3.63) is 21.3 Å². The molecule has 96 valence electrons. The molecule has 2 rings (SSSR count). The van der Waals surface area contributed by atoms with E-state index in [2.05, 4.69) is 30.0 Å². The molecular weight excluding hydrogens is 254 g/mol. The second-order valence-electron chi connectivity index (χ2n) is 4.83. The predicted molar refractivity (Wildman–Crippen MR) is 74.8 cm³/mol. The quantitative estimate of drug-likeness (QED) is 0.895. The Labute approximate surface area is 112 Å². The van der Waals surface area contributed by atoms with E-state index in [-0.39, 0.29) is 6.04 Å². The fourth-order valence-corrected chi connectivity index (χ4v) is 3.51. The van der Waals surface area contributed by atoms with Crippen LogP contribution in [0, 0.1) is 0 Å². The van der Waals surface area contributed by atoms with Gasteiger partial charge in [-0.25, -0.2) is 0 Å². The van der Waals surface area contributed by atoms with Gasteiger partial charge in [0.05, 0.1) is 10.4 Å². The number of halogens is 1. The van der Waals surface area contributed by atoms with Gasteiger partial charge in [0.1, 0.15) is 0 Å². The summed E-state index contributed by atoms with van der Waals surface area (Å²) < 4.78 is 0.820. The number of rotatable bonds is 2. The molecule has 2 N–H and O–H groups in total. The van der Waals surface area contributed by atoms with Crippen molar-refractivity contribution in [1.82, 2.24) is 9.80 Å². The van der Waals surface area contributed by atoms with Gasteiger partial charge in [-0.15, -0.1) is 11.3 Å².